The Morgan fingerprint density at radius 1 is 1.50 bits per heavy atom. The second-order valence-corrected chi connectivity index (χ2v) is 2.10. The van der Waals surface area contributed by atoms with Gasteiger partial charge in [-0.3, -0.25) is 0 Å². The number of hydrogen-bond donors (Lipinski definition) is 0. The van der Waals surface area contributed by atoms with E-state index in [0.717, 1.165) is 12.0 Å². The molecule has 0 aliphatic heterocycles. The monoisotopic (exact) mass is 142 g/mol. The van der Waals surface area contributed by atoms with Crippen LogP contribution in [0.4, 0.5) is 0 Å². The maximum absolute atomic E-state index is 10.7. The summed E-state index contributed by atoms with van der Waals surface area (Å²) >= 11 is 0. The summed E-state index contributed by atoms with van der Waals surface area (Å²) in [6.45, 7) is 6.17. The Kier molecular flexibility index (Phi) is 4.63. The SMILES string of the molecule is CCOC(=O)/C=C(\C)CC. The van der Waals surface area contributed by atoms with Gasteiger partial charge in [-0.2, -0.15) is 0 Å². The Bertz CT molecular complexity index is 136. The Labute approximate surface area is 61.9 Å². The summed E-state index contributed by atoms with van der Waals surface area (Å²) in [5.41, 5.74) is 1.05. The van der Waals surface area contributed by atoms with Gasteiger partial charge in [-0.1, -0.05) is 12.5 Å². The lowest BCUT2D eigenvalue weighted by Crippen LogP contribution is -1.99. The Balaban J connectivity index is 3.75. The fourth-order valence-electron chi connectivity index (χ4n) is 0.487. The van der Waals surface area contributed by atoms with Crippen molar-refractivity contribution >= 4 is 5.97 Å². The van der Waals surface area contributed by atoms with E-state index < -0.39 is 0 Å². The smallest absolute Gasteiger partial charge is 0.330 e. The van der Waals surface area contributed by atoms with E-state index in [1.165, 1.54) is 6.08 Å². The van der Waals surface area contributed by atoms with Crippen LogP contribution in [0.15, 0.2) is 11.6 Å². The number of carbonyl (C=O) groups excluding carboxylic acids is 1. The van der Waals surface area contributed by atoms with E-state index in [9.17, 15) is 4.79 Å². The van der Waals surface area contributed by atoms with Gasteiger partial charge < -0.3 is 4.74 Å². The fourth-order valence-corrected chi connectivity index (χ4v) is 0.487. The molecule has 0 aromatic heterocycles. The van der Waals surface area contributed by atoms with Crippen LogP contribution in [0.1, 0.15) is 27.2 Å². The summed E-state index contributed by atoms with van der Waals surface area (Å²) in [6, 6.07) is 0. The quantitative estimate of drug-likeness (QED) is 0.444. The first-order chi connectivity index (χ1) is 4.70. The summed E-state index contributed by atoms with van der Waals surface area (Å²) in [5.74, 6) is -0.234. The van der Waals surface area contributed by atoms with Crippen LogP contribution in [-0.2, 0) is 9.53 Å². The molecule has 0 radical (unpaired) electrons. The van der Waals surface area contributed by atoms with Crippen LogP contribution < -0.4 is 0 Å². The van der Waals surface area contributed by atoms with E-state index in [2.05, 4.69) is 0 Å². The minimum Gasteiger partial charge on any atom is -0.463 e. The third-order valence-corrected chi connectivity index (χ3v) is 1.21. The van der Waals surface area contributed by atoms with Crippen LogP contribution in [0.5, 0.6) is 0 Å². The molecule has 0 aromatic carbocycles. The highest BCUT2D eigenvalue weighted by Gasteiger charge is 1.94. The molecule has 0 aliphatic carbocycles. The van der Waals surface area contributed by atoms with E-state index in [4.69, 9.17) is 4.74 Å². The van der Waals surface area contributed by atoms with Crippen molar-refractivity contribution in [3.63, 3.8) is 0 Å². The van der Waals surface area contributed by atoms with Crippen molar-refractivity contribution in [1.29, 1.82) is 0 Å². The summed E-state index contributed by atoms with van der Waals surface area (Å²) in [6.07, 6.45) is 2.43. The number of esters is 1. The van der Waals surface area contributed by atoms with Gasteiger partial charge in [0.25, 0.3) is 0 Å². The van der Waals surface area contributed by atoms with Crippen molar-refractivity contribution < 1.29 is 9.53 Å². The van der Waals surface area contributed by atoms with Gasteiger partial charge in [0.15, 0.2) is 0 Å². The van der Waals surface area contributed by atoms with Gasteiger partial charge in [-0.25, -0.2) is 4.79 Å². The van der Waals surface area contributed by atoms with Crippen LogP contribution in [0.3, 0.4) is 0 Å². The van der Waals surface area contributed by atoms with Crippen molar-refractivity contribution in [1.82, 2.24) is 0 Å². The van der Waals surface area contributed by atoms with Crippen molar-refractivity contribution in [2.45, 2.75) is 27.2 Å². The van der Waals surface area contributed by atoms with Gasteiger partial charge in [-0.05, 0) is 20.3 Å². The van der Waals surface area contributed by atoms with Crippen molar-refractivity contribution in [3.8, 4) is 0 Å². The largest absolute Gasteiger partial charge is 0.463 e. The van der Waals surface area contributed by atoms with Gasteiger partial charge in [-0.15, -0.1) is 0 Å². The Hall–Kier alpha value is -0.790. The molecule has 0 bridgehead atoms. The molecular weight excluding hydrogens is 128 g/mol. The average Bonchev–Trinajstić information content (AvgIpc) is 1.88. The maximum atomic E-state index is 10.7. The van der Waals surface area contributed by atoms with Crippen molar-refractivity contribution in [2.75, 3.05) is 6.61 Å². The average molecular weight is 142 g/mol. The van der Waals surface area contributed by atoms with Gasteiger partial charge >= 0.3 is 5.97 Å². The van der Waals surface area contributed by atoms with E-state index in [1.54, 1.807) is 6.92 Å². The third-order valence-electron chi connectivity index (χ3n) is 1.21. The number of rotatable bonds is 3. The van der Waals surface area contributed by atoms with Crippen molar-refractivity contribution in [2.24, 2.45) is 0 Å². The van der Waals surface area contributed by atoms with Crippen LogP contribution in [0.25, 0.3) is 0 Å². The lowest BCUT2D eigenvalue weighted by Gasteiger charge is -1.96. The van der Waals surface area contributed by atoms with Gasteiger partial charge in [0.1, 0.15) is 0 Å². The normalized spacial score (nSPS) is 11.3. The highest BCUT2D eigenvalue weighted by molar-refractivity contribution is 5.82. The molecule has 2 nitrogen and oxygen atoms in total. The molecule has 0 unspecified atom stereocenters. The first kappa shape index (κ1) is 9.21. The molecule has 0 spiro atoms. The molecule has 0 N–H and O–H groups in total. The molecule has 0 aromatic rings. The second-order valence-electron chi connectivity index (χ2n) is 2.10. The summed E-state index contributed by atoms with van der Waals surface area (Å²) in [7, 11) is 0. The molecule has 0 fully saturated rings. The van der Waals surface area contributed by atoms with Gasteiger partial charge in [0.05, 0.1) is 6.61 Å². The zero-order chi connectivity index (χ0) is 7.98. The van der Waals surface area contributed by atoms with E-state index in [1.807, 2.05) is 13.8 Å². The number of carbonyl (C=O) groups is 1. The highest BCUT2D eigenvalue weighted by atomic mass is 16.5. The predicted octanol–water partition coefficient (Wildman–Crippen LogP) is 1.91. The minimum atomic E-state index is -0.234. The van der Waals surface area contributed by atoms with Crippen LogP contribution in [0, 0.1) is 0 Å². The van der Waals surface area contributed by atoms with E-state index >= 15 is 0 Å². The van der Waals surface area contributed by atoms with Gasteiger partial charge in [0, 0.05) is 6.08 Å². The summed E-state index contributed by atoms with van der Waals surface area (Å²) in [4.78, 5) is 10.7. The molecule has 2 heteroatoms. The first-order valence-corrected chi connectivity index (χ1v) is 3.54. The standard InChI is InChI=1S/C8H14O2/c1-4-7(3)6-8(9)10-5-2/h6H,4-5H2,1-3H3/b7-6+. The molecular formula is C8H14O2. The Morgan fingerprint density at radius 2 is 2.10 bits per heavy atom. The lowest BCUT2D eigenvalue weighted by molar-refractivity contribution is -0.137. The number of ether oxygens (including phenoxy) is 1. The summed E-state index contributed by atoms with van der Waals surface area (Å²) < 4.78 is 4.70. The fraction of sp³-hybridized carbons (Fsp3) is 0.625. The number of hydrogen-bond acceptors (Lipinski definition) is 2. The molecule has 0 rings (SSSR count). The molecule has 0 heterocycles. The Morgan fingerprint density at radius 3 is 2.50 bits per heavy atom. The molecule has 0 amide bonds. The second kappa shape index (κ2) is 5.03. The van der Waals surface area contributed by atoms with Crippen LogP contribution >= 0.6 is 0 Å². The maximum Gasteiger partial charge on any atom is 0.330 e. The lowest BCUT2D eigenvalue weighted by atomic mass is 10.2. The summed E-state index contributed by atoms with van der Waals surface area (Å²) in [5, 5.41) is 0. The van der Waals surface area contributed by atoms with Crippen LogP contribution in [0.2, 0.25) is 0 Å². The highest BCUT2D eigenvalue weighted by Crippen LogP contribution is 1.97. The first-order valence-electron chi connectivity index (χ1n) is 3.54. The molecule has 10 heavy (non-hydrogen) atoms. The van der Waals surface area contributed by atoms with Crippen molar-refractivity contribution in [3.05, 3.63) is 11.6 Å². The molecule has 0 aliphatic rings. The molecule has 0 atom stereocenters. The topological polar surface area (TPSA) is 26.3 Å². The van der Waals surface area contributed by atoms with Crippen LogP contribution in [-0.4, -0.2) is 12.6 Å². The van der Waals surface area contributed by atoms with E-state index in [-0.39, 0.29) is 5.97 Å². The number of allylic oxidation sites excluding steroid dienone is 1. The van der Waals surface area contributed by atoms with E-state index in [0.29, 0.717) is 6.61 Å². The molecule has 58 valence electrons. The predicted molar refractivity (Wildman–Crippen MR) is 40.7 cm³/mol. The zero-order valence-corrected chi connectivity index (χ0v) is 6.81. The van der Waals surface area contributed by atoms with Gasteiger partial charge in [0.2, 0.25) is 0 Å². The third kappa shape index (κ3) is 4.13. The minimum absolute atomic E-state index is 0.234. The molecule has 0 saturated heterocycles. The molecule has 0 saturated carbocycles. The zero-order valence-electron chi connectivity index (χ0n) is 6.81.